The molecular formula is C15H20BrIN6. The molecular weight excluding hydrogens is 471 g/mol. The van der Waals surface area contributed by atoms with E-state index in [0.717, 1.165) is 34.9 Å². The van der Waals surface area contributed by atoms with Gasteiger partial charge in [-0.15, -0.1) is 24.0 Å². The monoisotopic (exact) mass is 490 g/mol. The van der Waals surface area contributed by atoms with Crippen molar-refractivity contribution in [1.29, 1.82) is 0 Å². The maximum absolute atomic E-state index is 4.53. The molecule has 0 unspecified atom stereocenters. The summed E-state index contributed by atoms with van der Waals surface area (Å²) in [5.74, 6) is 2.44. The zero-order valence-electron chi connectivity index (χ0n) is 12.9. The van der Waals surface area contributed by atoms with Gasteiger partial charge in [-0.25, -0.2) is 4.98 Å². The fraction of sp³-hybridized carbons (Fsp3) is 0.400. The van der Waals surface area contributed by atoms with E-state index in [9.17, 15) is 0 Å². The van der Waals surface area contributed by atoms with Crippen LogP contribution in [0.5, 0.6) is 0 Å². The summed E-state index contributed by atoms with van der Waals surface area (Å²) in [7, 11) is 1.81. The van der Waals surface area contributed by atoms with E-state index in [-0.39, 0.29) is 24.0 Å². The summed E-state index contributed by atoms with van der Waals surface area (Å²) < 4.78 is 1.04. The Morgan fingerprint density at radius 3 is 2.65 bits per heavy atom. The molecule has 1 aliphatic rings. The van der Waals surface area contributed by atoms with Crippen LogP contribution in [0.3, 0.4) is 0 Å². The van der Waals surface area contributed by atoms with Crippen LogP contribution in [0.25, 0.3) is 11.4 Å². The molecule has 1 fully saturated rings. The Bertz CT molecular complexity index is 648. The molecule has 0 saturated carbocycles. The maximum atomic E-state index is 4.53. The second-order valence-electron chi connectivity index (χ2n) is 5.21. The summed E-state index contributed by atoms with van der Waals surface area (Å²) in [4.78, 5) is 11.1. The molecule has 1 aliphatic heterocycles. The van der Waals surface area contributed by atoms with Crippen LogP contribution < -0.4 is 5.32 Å². The van der Waals surface area contributed by atoms with E-state index in [4.69, 9.17) is 0 Å². The fourth-order valence-corrected chi connectivity index (χ4v) is 2.79. The van der Waals surface area contributed by atoms with E-state index in [2.05, 4.69) is 46.3 Å². The Balaban J connectivity index is 0.00000192. The summed E-state index contributed by atoms with van der Waals surface area (Å²) >= 11 is 3.43. The van der Waals surface area contributed by atoms with Crippen molar-refractivity contribution in [2.24, 2.45) is 4.99 Å². The molecule has 2 aromatic rings. The minimum absolute atomic E-state index is 0. The van der Waals surface area contributed by atoms with Crippen molar-refractivity contribution in [3.63, 3.8) is 0 Å². The van der Waals surface area contributed by atoms with Crippen LogP contribution in [0, 0.1) is 0 Å². The highest BCUT2D eigenvalue weighted by Crippen LogP contribution is 2.18. The standard InChI is InChI=1S/C15H19BrN6.HI/c1-17-15(22-8-2-3-9-22)18-10-13-19-14(21-20-13)11-4-6-12(16)7-5-11;/h4-7H,2-3,8-10H2,1H3,(H,17,18)(H,19,20,21);1H. The summed E-state index contributed by atoms with van der Waals surface area (Å²) in [6, 6.07) is 7.96. The molecule has 1 aromatic carbocycles. The van der Waals surface area contributed by atoms with Crippen molar-refractivity contribution in [3.05, 3.63) is 34.6 Å². The predicted octanol–water partition coefficient (Wildman–Crippen LogP) is 3.02. The Hall–Kier alpha value is -1.16. The van der Waals surface area contributed by atoms with Gasteiger partial charge in [0, 0.05) is 30.2 Å². The van der Waals surface area contributed by atoms with E-state index < -0.39 is 0 Å². The maximum Gasteiger partial charge on any atom is 0.194 e. The topological polar surface area (TPSA) is 69.2 Å². The SMILES string of the molecule is CN=C(NCc1nc(-c2ccc(Br)cc2)n[nH]1)N1CCCC1.I. The molecule has 3 rings (SSSR count). The van der Waals surface area contributed by atoms with Crippen molar-refractivity contribution in [2.75, 3.05) is 20.1 Å². The average molecular weight is 491 g/mol. The number of rotatable bonds is 3. The quantitative estimate of drug-likeness (QED) is 0.394. The molecule has 0 aliphatic carbocycles. The fourth-order valence-electron chi connectivity index (χ4n) is 2.53. The predicted molar refractivity (Wildman–Crippen MR) is 106 cm³/mol. The molecule has 0 atom stereocenters. The van der Waals surface area contributed by atoms with Crippen LogP contribution in [0.2, 0.25) is 0 Å². The smallest absolute Gasteiger partial charge is 0.194 e. The normalized spacial score (nSPS) is 14.7. The van der Waals surface area contributed by atoms with E-state index >= 15 is 0 Å². The number of hydrogen-bond donors (Lipinski definition) is 2. The molecule has 124 valence electrons. The number of benzene rings is 1. The minimum Gasteiger partial charge on any atom is -0.349 e. The number of halogens is 2. The number of nitrogens with zero attached hydrogens (tertiary/aromatic N) is 4. The van der Waals surface area contributed by atoms with Gasteiger partial charge in [-0.3, -0.25) is 10.1 Å². The van der Waals surface area contributed by atoms with E-state index in [0.29, 0.717) is 12.4 Å². The van der Waals surface area contributed by atoms with E-state index in [1.54, 1.807) is 0 Å². The number of hydrogen-bond acceptors (Lipinski definition) is 3. The number of aliphatic imine (C=N–C) groups is 1. The lowest BCUT2D eigenvalue weighted by molar-refractivity contribution is 0.492. The minimum atomic E-state index is 0. The van der Waals surface area contributed by atoms with Crippen LogP contribution in [0.15, 0.2) is 33.7 Å². The second kappa shape index (κ2) is 8.62. The highest BCUT2D eigenvalue weighted by molar-refractivity contribution is 14.0. The molecule has 2 N–H and O–H groups in total. The second-order valence-corrected chi connectivity index (χ2v) is 6.12. The van der Waals surface area contributed by atoms with Gasteiger partial charge >= 0.3 is 0 Å². The summed E-state index contributed by atoms with van der Waals surface area (Å²) in [5, 5.41) is 10.6. The molecule has 0 spiro atoms. The first-order chi connectivity index (χ1) is 10.8. The molecule has 0 amide bonds. The van der Waals surface area contributed by atoms with Gasteiger partial charge in [-0.2, -0.15) is 5.10 Å². The Kier molecular flexibility index (Phi) is 6.82. The summed E-state index contributed by atoms with van der Waals surface area (Å²) in [6.07, 6.45) is 2.47. The third-order valence-corrected chi connectivity index (χ3v) is 4.19. The van der Waals surface area contributed by atoms with E-state index in [1.165, 1.54) is 12.8 Å². The number of H-pyrrole nitrogens is 1. The molecule has 6 nitrogen and oxygen atoms in total. The number of likely N-dealkylation sites (tertiary alicyclic amines) is 1. The molecule has 23 heavy (non-hydrogen) atoms. The van der Waals surface area contributed by atoms with Crippen molar-refractivity contribution in [2.45, 2.75) is 19.4 Å². The largest absolute Gasteiger partial charge is 0.349 e. The van der Waals surface area contributed by atoms with Crippen LogP contribution in [-0.2, 0) is 6.54 Å². The van der Waals surface area contributed by atoms with Crippen LogP contribution >= 0.6 is 39.9 Å². The first-order valence-corrected chi connectivity index (χ1v) is 8.18. The third kappa shape index (κ3) is 4.66. The molecule has 1 saturated heterocycles. The lowest BCUT2D eigenvalue weighted by atomic mass is 10.2. The Morgan fingerprint density at radius 2 is 2.00 bits per heavy atom. The van der Waals surface area contributed by atoms with Crippen molar-refractivity contribution >= 4 is 45.9 Å². The first-order valence-electron chi connectivity index (χ1n) is 7.39. The zero-order chi connectivity index (χ0) is 15.4. The lowest BCUT2D eigenvalue weighted by Crippen LogP contribution is -2.39. The van der Waals surface area contributed by atoms with E-state index in [1.807, 2.05) is 31.3 Å². The van der Waals surface area contributed by atoms with Gasteiger partial charge in [0.15, 0.2) is 11.8 Å². The van der Waals surface area contributed by atoms with Crippen molar-refractivity contribution in [1.82, 2.24) is 25.4 Å². The number of aromatic nitrogens is 3. The number of guanidine groups is 1. The third-order valence-electron chi connectivity index (χ3n) is 3.67. The zero-order valence-corrected chi connectivity index (χ0v) is 16.8. The molecule has 1 aromatic heterocycles. The van der Waals surface area contributed by atoms with Gasteiger partial charge in [0.05, 0.1) is 6.54 Å². The Labute approximate surface area is 161 Å². The van der Waals surface area contributed by atoms with Crippen molar-refractivity contribution in [3.8, 4) is 11.4 Å². The molecule has 2 heterocycles. The molecule has 8 heteroatoms. The summed E-state index contributed by atoms with van der Waals surface area (Å²) in [6.45, 7) is 2.73. The highest BCUT2D eigenvalue weighted by atomic mass is 127. The van der Waals surface area contributed by atoms with Gasteiger partial charge in [0.25, 0.3) is 0 Å². The average Bonchev–Trinajstić information content (AvgIpc) is 3.20. The van der Waals surface area contributed by atoms with Crippen LogP contribution in [-0.4, -0.2) is 46.2 Å². The summed E-state index contributed by atoms with van der Waals surface area (Å²) in [5.41, 5.74) is 0.995. The van der Waals surface area contributed by atoms with Crippen LogP contribution in [0.4, 0.5) is 0 Å². The Morgan fingerprint density at radius 1 is 1.30 bits per heavy atom. The number of aromatic amines is 1. The molecule has 0 bridgehead atoms. The van der Waals surface area contributed by atoms with Gasteiger partial charge < -0.3 is 10.2 Å². The van der Waals surface area contributed by atoms with Gasteiger partial charge in [-0.1, -0.05) is 28.1 Å². The van der Waals surface area contributed by atoms with Gasteiger partial charge in [-0.05, 0) is 25.0 Å². The lowest BCUT2D eigenvalue weighted by Gasteiger charge is -2.20. The molecule has 0 radical (unpaired) electrons. The van der Waals surface area contributed by atoms with Gasteiger partial charge in [0.2, 0.25) is 0 Å². The van der Waals surface area contributed by atoms with Crippen LogP contribution in [0.1, 0.15) is 18.7 Å². The van der Waals surface area contributed by atoms with Crippen molar-refractivity contribution < 1.29 is 0 Å². The number of nitrogens with one attached hydrogen (secondary N) is 2. The van der Waals surface area contributed by atoms with Gasteiger partial charge in [0.1, 0.15) is 5.82 Å². The first kappa shape index (κ1) is 18.2. The highest BCUT2D eigenvalue weighted by Gasteiger charge is 2.16.